The minimum Gasteiger partial charge on any atom is -0.497 e. The molecule has 0 aliphatic carbocycles. The fourth-order valence-electron chi connectivity index (χ4n) is 3.54. The molecule has 0 radical (unpaired) electrons. The summed E-state index contributed by atoms with van der Waals surface area (Å²) < 4.78 is 5.23. The number of para-hydroxylation sites is 2. The molecule has 0 spiro atoms. The first-order valence-corrected chi connectivity index (χ1v) is 10.1. The molecule has 31 heavy (non-hydrogen) atoms. The van der Waals surface area contributed by atoms with E-state index in [2.05, 4.69) is 5.32 Å². The first-order chi connectivity index (χ1) is 15.1. The Labute approximate surface area is 185 Å². The Bertz CT molecular complexity index is 1130. The molecule has 0 aromatic heterocycles. The number of nitrogens with zero attached hydrogens (tertiary/aromatic N) is 3. The van der Waals surface area contributed by atoms with Crippen LogP contribution in [0.4, 0.5) is 11.4 Å². The fourth-order valence-corrected chi connectivity index (χ4v) is 3.82. The van der Waals surface area contributed by atoms with Crippen LogP contribution in [-0.4, -0.2) is 27.9 Å². The van der Waals surface area contributed by atoms with Crippen molar-refractivity contribution in [1.29, 1.82) is 0 Å². The van der Waals surface area contributed by atoms with Crippen molar-refractivity contribution in [2.24, 2.45) is 5.10 Å². The molecule has 1 unspecified atom stereocenters. The van der Waals surface area contributed by atoms with Crippen molar-refractivity contribution in [3.05, 3.63) is 100 Å². The van der Waals surface area contributed by atoms with Crippen molar-refractivity contribution in [3.63, 3.8) is 0 Å². The molecule has 1 aliphatic rings. The summed E-state index contributed by atoms with van der Waals surface area (Å²) in [5.41, 5.74) is 3.14. The minimum absolute atomic E-state index is 0.0474. The summed E-state index contributed by atoms with van der Waals surface area (Å²) in [6, 6.07) is 23.4. The smallest absolute Gasteiger partial charge is 0.274 e. The summed E-state index contributed by atoms with van der Waals surface area (Å²) >= 11 is 5.64. The van der Waals surface area contributed by atoms with Gasteiger partial charge in [0.05, 0.1) is 29.4 Å². The normalized spacial score (nSPS) is 15.3. The number of hydrogen-bond acceptors (Lipinski definition) is 5. The standard InChI is InChI=1S/C23H20N4O3S/c1-30-18-13-11-16(12-14-18)20-15-22(19-9-5-6-10-21(19)27(28)29)26(25-20)23(31)24-17-7-3-2-4-8-17/h2-14,22H,15H2,1H3,(H,24,31). The number of nitrogens with one attached hydrogen (secondary N) is 1. The van der Waals surface area contributed by atoms with Crippen LogP contribution in [0.25, 0.3) is 0 Å². The van der Waals surface area contributed by atoms with Crippen LogP contribution in [0.3, 0.4) is 0 Å². The van der Waals surface area contributed by atoms with Crippen molar-refractivity contribution in [3.8, 4) is 5.75 Å². The predicted octanol–water partition coefficient (Wildman–Crippen LogP) is 5.15. The number of nitro groups is 1. The predicted molar refractivity (Wildman–Crippen MR) is 124 cm³/mol. The molecule has 0 fully saturated rings. The van der Waals surface area contributed by atoms with Gasteiger partial charge in [-0.1, -0.05) is 30.3 Å². The molecule has 0 saturated carbocycles. The maximum absolute atomic E-state index is 11.7. The molecule has 3 aromatic rings. The van der Waals surface area contributed by atoms with E-state index < -0.39 is 6.04 Å². The van der Waals surface area contributed by atoms with Crippen LogP contribution in [0.2, 0.25) is 0 Å². The van der Waals surface area contributed by atoms with Crippen LogP contribution in [0.15, 0.2) is 84.0 Å². The van der Waals surface area contributed by atoms with Crippen molar-refractivity contribution in [1.82, 2.24) is 5.01 Å². The highest BCUT2D eigenvalue weighted by atomic mass is 32.1. The third-order valence-corrected chi connectivity index (χ3v) is 5.35. The molecular weight excluding hydrogens is 412 g/mol. The average Bonchev–Trinajstić information content (AvgIpc) is 3.25. The number of benzene rings is 3. The van der Waals surface area contributed by atoms with E-state index in [4.69, 9.17) is 22.1 Å². The summed E-state index contributed by atoms with van der Waals surface area (Å²) in [4.78, 5) is 11.3. The molecule has 7 nitrogen and oxygen atoms in total. The Morgan fingerprint density at radius 1 is 1.10 bits per heavy atom. The number of rotatable bonds is 5. The van der Waals surface area contributed by atoms with Gasteiger partial charge in [-0.05, 0) is 60.2 Å². The van der Waals surface area contributed by atoms with Gasteiger partial charge in [0.25, 0.3) is 5.69 Å². The van der Waals surface area contributed by atoms with Crippen LogP contribution in [0.5, 0.6) is 5.75 Å². The van der Waals surface area contributed by atoms with E-state index in [0.717, 1.165) is 22.7 Å². The van der Waals surface area contributed by atoms with E-state index in [1.807, 2.05) is 54.6 Å². The molecule has 1 N–H and O–H groups in total. The maximum atomic E-state index is 11.7. The van der Waals surface area contributed by atoms with Crippen molar-refractivity contribution in [2.45, 2.75) is 12.5 Å². The highest BCUT2D eigenvalue weighted by Gasteiger charge is 2.35. The number of methoxy groups -OCH3 is 1. The number of hydrazone groups is 1. The van der Waals surface area contributed by atoms with Crippen LogP contribution in [0.1, 0.15) is 23.6 Å². The molecule has 156 valence electrons. The van der Waals surface area contributed by atoms with Gasteiger partial charge in [-0.3, -0.25) is 10.1 Å². The minimum atomic E-state index is -0.401. The molecule has 0 bridgehead atoms. The largest absolute Gasteiger partial charge is 0.497 e. The molecule has 1 aliphatic heterocycles. The monoisotopic (exact) mass is 432 g/mol. The van der Waals surface area contributed by atoms with Gasteiger partial charge in [0.2, 0.25) is 0 Å². The molecule has 1 heterocycles. The molecule has 1 atom stereocenters. The SMILES string of the molecule is COc1ccc(C2=NN(C(=S)Nc3ccccc3)C(c3ccccc3[N+](=O)[O-])C2)cc1. The quantitative estimate of drug-likeness (QED) is 0.341. The summed E-state index contributed by atoms with van der Waals surface area (Å²) in [5.74, 6) is 0.746. The Morgan fingerprint density at radius 2 is 1.77 bits per heavy atom. The Balaban J connectivity index is 1.70. The molecule has 3 aromatic carbocycles. The van der Waals surface area contributed by atoms with E-state index >= 15 is 0 Å². The lowest BCUT2D eigenvalue weighted by atomic mass is 9.97. The van der Waals surface area contributed by atoms with Crippen LogP contribution in [-0.2, 0) is 0 Å². The third-order valence-electron chi connectivity index (χ3n) is 5.06. The topological polar surface area (TPSA) is 80.0 Å². The second-order valence-corrected chi connectivity index (χ2v) is 7.34. The third kappa shape index (κ3) is 4.39. The van der Waals surface area contributed by atoms with E-state index in [9.17, 15) is 10.1 Å². The van der Waals surface area contributed by atoms with Gasteiger partial charge in [0.1, 0.15) is 5.75 Å². The fraction of sp³-hybridized carbons (Fsp3) is 0.130. The van der Waals surface area contributed by atoms with Crippen molar-refractivity contribution in [2.75, 3.05) is 12.4 Å². The lowest BCUT2D eigenvalue weighted by Crippen LogP contribution is -2.31. The lowest BCUT2D eigenvalue weighted by molar-refractivity contribution is -0.385. The van der Waals surface area contributed by atoms with Gasteiger partial charge < -0.3 is 10.1 Å². The summed E-state index contributed by atoms with van der Waals surface area (Å²) in [6.07, 6.45) is 0.480. The van der Waals surface area contributed by atoms with Crippen LogP contribution < -0.4 is 10.1 Å². The molecule has 0 saturated heterocycles. The first-order valence-electron chi connectivity index (χ1n) is 9.67. The Hall–Kier alpha value is -3.78. The van der Waals surface area contributed by atoms with Gasteiger partial charge in [-0.2, -0.15) is 5.10 Å². The Kier molecular flexibility index (Phi) is 5.90. The lowest BCUT2D eigenvalue weighted by Gasteiger charge is -2.24. The number of thiocarbonyl (C=S) groups is 1. The van der Waals surface area contributed by atoms with Gasteiger partial charge >= 0.3 is 0 Å². The van der Waals surface area contributed by atoms with Crippen molar-refractivity contribution >= 4 is 34.4 Å². The maximum Gasteiger partial charge on any atom is 0.274 e. The number of anilines is 1. The van der Waals surface area contributed by atoms with E-state index in [1.165, 1.54) is 6.07 Å². The average molecular weight is 433 g/mol. The molecule has 4 rings (SSSR count). The zero-order chi connectivity index (χ0) is 21.8. The second kappa shape index (κ2) is 8.93. The summed E-state index contributed by atoms with van der Waals surface area (Å²) in [7, 11) is 1.61. The zero-order valence-electron chi connectivity index (χ0n) is 16.8. The van der Waals surface area contributed by atoms with Gasteiger partial charge in [0.15, 0.2) is 5.11 Å². The van der Waals surface area contributed by atoms with Gasteiger partial charge in [0, 0.05) is 18.2 Å². The second-order valence-electron chi connectivity index (χ2n) is 6.95. The van der Waals surface area contributed by atoms with Crippen LogP contribution >= 0.6 is 12.2 Å². The molecule has 8 heteroatoms. The number of nitro benzene ring substituents is 1. The van der Waals surface area contributed by atoms with Crippen molar-refractivity contribution < 1.29 is 9.66 Å². The van der Waals surface area contributed by atoms with Gasteiger partial charge in [-0.15, -0.1) is 0 Å². The zero-order valence-corrected chi connectivity index (χ0v) is 17.6. The Morgan fingerprint density at radius 3 is 2.45 bits per heavy atom. The number of ether oxygens (including phenoxy) is 1. The van der Waals surface area contributed by atoms with Crippen LogP contribution in [0, 0.1) is 10.1 Å². The van der Waals surface area contributed by atoms with E-state index in [0.29, 0.717) is 17.1 Å². The molecule has 0 amide bonds. The van der Waals surface area contributed by atoms with E-state index in [-0.39, 0.29) is 10.6 Å². The van der Waals surface area contributed by atoms with Gasteiger partial charge in [-0.25, -0.2) is 5.01 Å². The first kappa shape index (κ1) is 20.5. The number of hydrogen-bond donors (Lipinski definition) is 1. The highest BCUT2D eigenvalue weighted by Crippen LogP contribution is 2.37. The summed E-state index contributed by atoms with van der Waals surface area (Å²) in [5, 5.41) is 21.6. The molecular formula is C23H20N4O3S. The van der Waals surface area contributed by atoms with E-state index in [1.54, 1.807) is 30.3 Å². The summed E-state index contributed by atoms with van der Waals surface area (Å²) in [6.45, 7) is 0. The highest BCUT2D eigenvalue weighted by molar-refractivity contribution is 7.80.